The number of carbonyl (C=O) groups excluding carboxylic acids is 3. The molecule has 0 fully saturated rings. The summed E-state index contributed by atoms with van der Waals surface area (Å²) in [4.78, 5) is 36.8. The molecule has 0 saturated heterocycles. The second-order valence-electron chi connectivity index (χ2n) is 6.79. The summed E-state index contributed by atoms with van der Waals surface area (Å²) in [5.41, 5.74) is 1.84. The highest BCUT2D eigenvalue weighted by Crippen LogP contribution is 2.15. The smallest absolute Gasteiger partial charge is 0.306 e. The maximum absolute atomic E-state index is 12.7. The molecule has 0 aliphatic carbocycles. The van der Waals surface area contributed by atoms with Crippen LogP contribution in [0.1, 0.15) is 37.8 Å². The molecule has 2 aromatic carbocycles. The summed E-state index contributed by atoms with van der Waals surface area (Å²) in [5, 5.41) is 2.73. The fraction of sp³-hybridized carbons (Fsp3) is 0.348. The van der Waals surface area contributed by atoms with Crippen molar-refractivity contribution in [1.82, 2.24) is 5.32 Å². The lowest BCUT2D eigenvalue weighted by Crippen LogP contribution is -2.42. The van der Waals surface area contributed by atoms with Gasteiger partial charge in [-0.15, -0.1) is 0 Å². The summed E-state index contributed by atoms with van der Waals surface area (Å²) in [6.07, 6.45) is 0.713. The van der Waals surface area contributed by atoms with Gasteiger partial charge in [-0.25, -0.2) is 0 Å². The molecule has 1 unspecified atom stereocenters. The fourth-order valence-corrected chi connectivity index (χ4v) is 2.87. The number of benzene rings is 2. The lowest BCUT2D eigenvalue weighted by molar-refractivity contribution is -0.148. The first-order chi connectivity index (χ1) is 13.5. The standard InChI is InChI=1S/C23H27NO4/c1-3-21(25)17(2)24-23(27)20(14-18-10-6-4-7-11-18)15-22(26)28-16-19-12-8-5-9-13-19/h4-13,17,20H,3,14-16H2,1-2H3,(H,24,27)/t17-,20?/m0/s1. The lowest BCUT2D eigenvalue weighted by Gasteiger charge is -2.19. The summed E-state index contributed by atoms with van der Waals surface area (Å²) in [6.45, 7) is 3.59. The zero-order valence-corrected chi connectivity index (χ0v) is 16.4. The monoisotopic (exact) mass is 381 g/mol. The first-order valence-corrected chi connectivity index (χ1v) is 9.56. The average Bonchev–Trinajstić information content (AvgIpc) is 2.72. The molecule has 2 atom stereocenters. The van der Waals surface area contributed by atoms with E-state index in [9.17, 15) is 14.4 Å². The number of rotatable bonds is 10. The third kappa shape index (κ3) is 6.99. The van der Waals surface area contributed by atoms with Gasteiger partial charge < -0.3 is 10.1 Å². The molecule has 0 heterocycles. The number of esters is 1. The van der Waals surface area contributed by atoms with E-state index < -0.39 is 17.9 Å². The Bertz CT molecular complexity index is 774. The zero-order valence-electron chi connectivity index (χ0n) is 16.4. The summed E-state index contributed by atoms with van der Waals surface area (Å²) in [5.74, 6) is -1.39. The van der Waals surface area contributed by atoms with Crippen LogP contribution in [0.25, 0.3) is 0 Å². The van der Waals surface area contributed by atoms with Crippen molar-refractivity contribution >= 4 is 17.7 Å². The van der Waals surface area contributed by atoms with E-state index >= 15 is 0 Å². The number of hydrogen-bond acceptors (Lipinski definition) is 4. The number of carbonyl (C=O) groups is 3. The van der Waals surface area contributed by atoms with E-state index in [-0.39, 0.29) is 24.7 Å². The summed E-state index contributed by atoms with van der Waals surface area (Å²) in [6, 6.07) is 18.3. The number of ether oxygens (including phenoxy) is 1. The van der Waals surface area contributed by atoms with E-state index in [1.807, 2.05) is 60.7 Å². The van der Waals surface area contributed by atoms with E-state index in [2.05, 4.69) is 5.32 Å². The predicted molar refractivity (Wildman–Crippen MR) is 107 cm³/mol. The lowest BCUT2D eigenvalue weighted by atomic mass is 9.94. The van der Waals surface area contributed by atoms with Crippen LogP contribution in [0.3, 0.4) is 0 Å². The molecular formula is C23H27NO4. The van der Waals surface area contributed by atoms with Crippen LogP contribution < -0.4 is 5.32 Å². The third-order valence-electron chi connectivity index (χ3n) is 4.54. The molecule has 2 aromatic rings. The van der Waals surface area contributed by atoms with Gasteiger partial charge in [0.15, 0.2) is 5.78 Å². The molecule has 0 bridgehead atoms. The molecule has 2 rings (SSSR count). The van der Waals surface area contributed by atoms with Crippen LogP contribution in [0, 0.1) is 5.92 Å². The molecule has 5 nitrogen and oxygen atoms in total. The van der Waals surface area contributed by atoms with E-state index in [0.29, 0.717) is 12.8 Å². The van der Waals surface area contributed by atoms with Crippen LogP contribution in [-0.2, 0) is 32.1 Å². The number of nitrogens with one attached hydrogen (secondary N) is 1. The van der Waals surface area contributed by atoms with Gasteiger partial charge in [0.1, 0.15) is 6.61 Å². The maximum Gasteiger partial charge on any atom is 0.306 e. The maximum atomic E-state index is 12.7. The molecule has 5 heteroatoms. The second kappa shape index (κ2) is 11.0. The molecule has 0 saturated carbocycles. The Hall–Kier alpha value is -2.95. The molecule has 0 aromatic heterocycles. The van der Waals surface area contributed by atoms with Crippen molar-refractivity contribution in [3.63, 3.8) is 0 Å². The van der Waals surface area contributed by atoms with Gasteiger partial charge >= 0.3 is 5.97 Å². The van der Waals surface area contributed by atoms with Crippen LogP contribution in [0.2, 0.25) is 0 Å². The first-order valence-electron chi connectivity index (χ1n) is 9.56. The van der Waals surface area contributed by atoms with E-state index in [1.165, 1.54) is 0 Å². The minimum absolute atomic E-state index is 0.0411. The third-order valence-corrected chi connectivity index (χ3v) is 4.54. The normalized spacial score (nSPS) is 12.6. The van der Waals surface area contributed by atoms with Gasteiger partial charge in [-0.05, 0) is 24.5 Å². The number of Topliss-reactive ketones (excluding diaryl/α,β-unsaturated/α-hetero) is 1. The van der Waals surface area contributed by atoms with Crippen molar-refractivity contribution in [2.24, 2.45) is 5.92 Å². The molecule has 0 aliphatic rings. The van der Waals surface area contributed by atoms with Crippen LogP contribution in [0.15, 0.2) is 60.7 Å². The Morgan fingerprint density at radius 2 is 1.50 bits per heavy atom. The van der Waals surface area contributed by atoms with Crippen molar-refractivity contribution in [2.45, 2.75) is 45.8 Å². The zero-order chi connectivity index (χ0) is 20.4. The molecule has 1 amide bonds. The summed E-state index contributed by atoms with van der Waals surface area (Å²) >= 11 is 0. The molecule has 0 radical (unpaired) electrons. The van der Waals surface area contributed by atoms with E-state index in [1.54, 1.807) is 13.8 Å². The van der Waals surface area contributed by atoms with Gasteiger partial charge in [0.05, 0.1) is 18.4 Å². The SMILES string of the molecule is CCC(=O)[C@H](C)NC(=O)C(CC(=O)OCc1ccccc1)Cc1ccccc1. The Morgan fingerprint density at radius 1 is 0.929 bits per heavy atom. The predicted octanol–water partition coefficient (Wildman–Crippen LogP) is 3.46. The Balaban J connectivity index is 2.01. The van der Waals surface area contributed by atoms with Gasteiger partial charge in [0.25, 0.3) is 0 Å². The van der Waals surface area contributed by atoms with Crippen molar-refractivity contribution in [3.8, 4) is 0 Å². The first kappa shape index (κ1) is 21.4. The van der Waals surface area contributed by atoms with E-state index in [4.69, 9.17) is 4.74 Å². The summed E-state index contributed by atoms with van der Waals surface area (Å²) in [7, 11) is 0. The van der Waals surface area contributed by atoms with Crippen LogP contribution in [0.4, 0.5) is 0 Å². The van der Waals surface area contributed by atoms with Gasteiger partial charge in [-0.1, -0.05) is 67.6 Å². The van der Waals surface area contributed by atoms with Crippen molar-refractivity contribution in [1.29, 1.82) is 0 Å². The molecule has 148 valence electrons. The van der Waals surface area contributed by atoms with Crippen molar-refractivity contribution in [3.05, 3.63) is 71.8 Å². The quantitative estimate of drug-likeness (QED) is 0.640. The highest BCUT2D eigenvalue weighted by molar-refractivity contribution is 5.90. The number of ketones is 1. The fourth-order valence-electron chi connectivity index (χ4n) is 2.87. The second-order valence-corrected chi connectivity index (χ2v) is 6.79. The van der Waals surface area contributed by atoms with Gasteiger partial charge in [0, 0.05) is 6.42 Å². The summed E-state index contributed by atoms with van der Waals surface area (Å²) < 4.78 is 5.33. The molecule has 0 spiro atoms. The van der Waals surface area contributed by atoms with Crippen LogP contribution in [0.5, 0.6) is 0 Å². The Labute approximate surface area is 166 Å². The molecule has 0 aliphatic heterocycles. The highest BCUT2D eigenvalue weighted by Gasteiger charge is 2.25. The molecule has 28 heavy (non-hydrogen) atoms. The average molecular weight is 381 g/mol. The van der Waals surface area contributed by atoms with Crippen molar-refractivity contribution < 1.29 is 19.1 Å². The largest absolute Gasteiger partial charge is 0.461 e. The Kier molecular flexibility index (Phi) is 8.40. The highest BCUT2D eigenvalue weighted by atomic mass is 16.5. The molecular weight excluding hydrogens is 354 g/mol. The number of hydrogen-bond donors (Lipinski definition) is 1. The van der Waals surface area contributed by atoms with Crippen LogP contribution >= 0.6 is 0 Å². The number of amides is 1. The van der Waals surface area contributed by atoms with E-state index in [0.717, 1.165) is 11.1 Å². The van der Waals surface area contributed by atoms with Gasteiger partial charge in [0.2, 0.25) is 5.91 Å². The van der Waals surface area contributed by atoms with Crippen LogP contribution in [-0.4, -0.2) is 23.7 Å². The van der Waals surface area contributed by atoms with Gasteiger partial charge in [-0.2, -0.15) is 0 Å². The minimum Gasteiger partial charge on any atom is -0.461 e. The topological polar surface area (TPSA) is 72.5 Å². The Morgan fingerprint density at radius 3 is 2.07 bits per heavy atom. The van der Waals surface area contributed by atoms with Crippen molar-refractivity contribution in [2.75, 3.05) is 0 Å². The minimum atomic E-state index is -0.599. The van der Waals surface area contributed by atoms with Gasteiger partial charge in [-0.3, -0.25) is 14.4 Å². The molecule has 1 N–H and O–H groups in total.